The van der Waals surface area contributed by atoms with Crippen LogP contribution in [0.3, 0.4) is 0 Å². The first kappa shape index (κ1) is 20.6. The van der Waals surface area contributed by atoms with Gasteiger partial charge in [0.25, 0.3) is 5.89 Å². The summed E-state index contributed by atoms with van der Waals surface area (Å²) in [5.74, 6) is -1.46. The van der Waals surface area contributed by atoms with Crippen LogP contribution < -0.4 is 0 Å². The molecule has 1 saturated carbocycles. The summed E-state index contributed by atoms with van der Waals surface area (Å²) in [6.45, 7) is 3.32. The lowest BCUT2D eigenvalue weighted by Crippen LogP contribution is -2.27. The number of carbonyl (C=O) groups is 2. The Morgan fingerprint density at radius 2 is 2.07 bits per heavy atom. The van der Waals surface area contributed by atoms with Gasteiger partial charge in [-0.2, -0.15) is 4.98 Å². The molecule has 0 radical (unpaired) electrons. The number of nitro groups is 1. The molecule has 0 spiro atoms. The van der Waals surface area contributed by atoms with E-state index in [1.165, 1.54) is 5.56 Å². The average molecular weight is 401 g/mol. The molecule has 0 aliphatic heterocycles. The molecule has 1 heterocycles. The molecule has 9 heteroatoms. The number of aromatic nitrogens is 2. The number of benzene rings is 1. The van der Waals surface area contributed by atoms with Crippen LogP contribution in [0.25, 0.3) is 11.4 Å². The molecular weight excluding hydrogens is 378 g/mol. The summed E-state index contributed by atoms with van der Waals surface area (Å²) in [6.07, 6.45) is 1.000. The second-order valence-corrected chi connectivity index (χ2v) is 7.36. The summed E-state index contributed by atoms with van der Waals surface area (Å²) < 4.78 is 10.3. The number of hydrogen-bond donors (Lipinski definition) is 0. The maximum Gasteiger partial charge on any atom is 0.307 e. The second-order valence-electron chi connectivity index (χ2n) is 7.36. The summed E-state index contributed by atoms with van der Waals surface area (Å²) in [5, 5.41) is 14.7. The van der Waals surface area contributed by atoms with Gasteiger partial charge in [-0.3, -0.25) is 19.7 Å². The van der Waals surface area contributed by atoms with Gasteiger partial charge in [-0.15, -0.1) is 0 Å². The first-order valence-electron chi connectivity index (χ1n) is 9.59. The van der Waals surface area contributed by atoms with Crippen molar-refractivity contribution in [1.82, 2.24) is 10.1 Å². The summed E-state index contributed by atoms with van der Waals surface area (Å²) in [6, 6.07) is 7.74. The van der Waals surface area contributed by atoms with Gasteiger partial charge in [-0.05, 0) is 17.9 Å². The SMILES string of the molecule is CCc1ccc(-c2noc(COC(=O)C[C@@H]3C(=O)C[C@@H](C)[C@H]3C[N+](=O)[O-])n2)cc1. The lowest BCUT2D eigenvalue weighted by Gasteiger charge is -2.16. The quantitative estimate of drug-likeness (QED) is 0.375. The van der Waals surface area contributed by atoms with E-state index in [2.05, 4.69) is 17.1 Å². The molecule has 9 nitrogen and oxygen atoms in total. The highest BCUT2D eigenvalue weighted by Gasteiger charge is 2.44. The van der Waals surface area contributed by atoms with E-state index >= 15 is 0 Å². The Labute approximate surface area is 167 Å². The van der Waals surface area contributed by atoms with Gasteiger partial charge in [0.05, 0.1) is 6.42 Å². The zero-order valence-electron chi connectivity index (χ0n) is 16.4. The van der Waals surface area contributed by atoms with Crippen molar-refractivity contribution in [2.75, 3.05) is 6.54 Å². The van der Waals surface area contributed by atoms with Crippen LogP contribution in [0.15, 0.2) is 28.8 Å². The number of aryl methyl sites for hydroxylation is 1. The van der Waals surface area contributed by atoms with Crippen molar-refractivity contribution >= 4 is 11.8 Å². The number of esters is 1. The number of ether oxygens (including phenoxy) is 1. The maximum atomic E-state index is 12.2. The standard InChI is InChI=1S/C20H23N3O6/c1-3-13-4-6-14(7-5-13)20-21-18(29-22-20)11-28-19(25)9-15-16(10-23(26)27)12(2)8-17(15)24/h4-7,12,15-16H,3,8-11H2,1-2H3/t12-,15+,16-/m1/s1. The first-order valence-corrected chi connectivity index (χ1v) is 9.59. The predicted octanol–water partition coefficient (Wildman–Crippen LogP) is 2.85. The highest BCUT2D eigenvalue weighted by atomic mass is 16.6. The molecule has 2 aromatic rings. The summed E-state index contributed by atoms with van der Waals surface area (Å²) in [5.41, 5.74) is 1.98. The van der Waals surface area contributed by atoms with E-state index in [-0.39, 0.29) is 43.6 Å². The fraction of sp³-hybridized carbons (Fsp3) is 0.500. The Bertz CT molecular complexity index is 892. The normalized spacial score (nSPS) is 21.3. The molecule has 1 fully saturated rings. The van der Waals surface area contributed by atoms with E-state index < -0.39 is 22.7 Å². The van der Waals surface area contributed by atoms with Crippen molar-refractivity contribution in [3.05, 3.63) is 45.8 Å². The van der Waals surface area contributed by atoms with E-state index in [0.29, 0.717) is 5.82 Å². The van der Waals surface area contributed by atoms with Crippen LogP contribution in [-0.2, 0) is 27.4 Å². The molecular formula is C20H23N3O6. The van der Waals surface area contributed by atoms with Crippen molar-refractivity contribution in [2.45, 2.75) is 39.7 Å². The lowest BCUT2D eigenvalue weighted by atomic mass is 9.88. The van der Waals surface area contributed by atoms with E-state index in [1.807, 2.05) is 24.3 Å². The summed E-state index contributed by atoms with van der Waals surface area (Å²) >= 11 is 0. The van der Waals surface area contributed by atoms with Crippen LogP contribution >= 0.6 is 0 Å². The Hall–Kier alpha value is -3.10. The largest absolute Gasteiger partial charge is 0.456 e. The third-order valence-corrected chi connectivity index (χ3v) is 5.38. The molecule has 29 heavy (non-hydrogen) atoms. The van der Waals surface area contributed by atoms with Crippen LogP contribution in [-0.4, -0.2) is 33.4 Å². The molecule has 0 amide bonds. The number of Topliss-reactive ketones (excluding diaryl/α,β-unsaturated/α-hetero) is 1. The molecule has 0 unspecified atom stereocenters. The fourth-order valence-electron chi connectivity index (χ4n) is 3.70. The van der Waals surface area contributed by atoms with Crippen molar-refractivity contribution in [3.8, 4) is 11.4 Å². The Balaban J connectivity index is 1.56. The van der Waals surface area contributed by atoms with E-state index in [1.54, 1.807) is 6.92 Å². The van der Waals surface area contributed by atoms with Crippen LogP contribution in [0, 0.1) is 27.9 Å². The van der Waals surface area contributed by atoms with Crippen LogP contribution in [0.1, 0.15) is 38.1 Å². The van der Waals surface area contributed by atoms with Gasteiger partial charge in [0.1, 0.15) is 5.78 Å². The number of hydrogen-bond acceptors (Lipinski definition) is 8. The first-order chi connectivity index (χ1) is 13.9. The fourth-order valence-corrected chi connectivity index (χ4v) is 3.70. The Kier molecular flexibility index (Phi) is 6.36. The van der Waals surface area contributed by atoms with Crippen LogP contribution in [0.4, 0.5) is 0 Å². The third-order valence-electron chi connectivity index (χ3n) is 5.38. The van der Waals surface area contributed by atoms with Gasteiger partial charge in [-0.1, -0.05) is 43.3 Å². The van der Waals surface area contributed by atoms with Gasteiger partial charge >= 0.3 is 5.97 Å². The Morgan fingerprint density at radius 1 is 1.34 bits per heavy atom. The zero-order valence-corrected chi connectivity index (χ0v) is 16.4. The molecule has 3 rings (SSSR count). The molecule has 1 aromatic heterocycles. The van der Waals surface area contributed by atoms with E-state index in [4.69, 9.17) is 9.26 Å². The van der Waals surface area contributed by atoms with Crippen LogP contribution in [0.5, 0.6) is 0 Å². The monoisotopic (exact) mass is 401 g/mol. The van der Waals surface area contributed by atoms with E-state index in [0.717, 1.165) is 12.0 Å². The predicted molar refractivity (Wildman–Crippen MR) is 101 cm³/mol. The van der Waals surface area contributed by atoms with Crippen molar-refractivity contribution in [2.24, 2.45) is 17.8 Å². The highest BCUT2D eigenvalue weighted by Crippen LogP contribution is 2.36. The topological polar surface area (TPSA) is 125 Å². The van der Waals surface area contributed by atoms with Gasteiger partial charge < -0.3 is 9.26 Å². The van der Waals surface area contributed by atoms with Crippen molar-refractivity contribution in [1.29, 1.82) is 0 Å². The zero-order chi connectivity index (χ0) is 21.0. The molecule has 154 valence electrons. The van der Waals surface area contributed by atoms with Gasteiger partial charge in [0, 0.05) is 28.7 Å². The van der Waals surface area contributed by atoms with Gasteiger partial charge in [-0.25, -0.2) is 0 Å². The average Bonchev–Trinajstić information content (AvgIpc) is 3.26. The number of nitrogens with zero attached hydrogens (tertiary/aromatic N) is 3. The molecule has 0 saturated heterocycles. The molecule has 1 aliphatic carbocycles. The minimum atomic E-state index is -0.682. The van der Waals surface area contributed by atoms with Gasteiger partial charge in [0.15, 0.2) is 6.61 Å². The minimum absolute atomic E-state index is 0.122. The van der Waals surface area contributed by atoms with Gasteiger partial charge in [0.2, 0.25) is 12.4 Å². The van der Waals surface area contributed by atoms with Crippen molar-refractivity contribution < 1.29 is 23.8 Å². The molecule has 0 N–H and O–H groups in total. The molecule has 0 bridgehead atoms. The lowest BCUT2D eigenvalue weighted by molar-refractivity contribution is -0.490. The third kappa shape index (κ3) is 5.04. The summed E-state index contributed by atoms with van der Waals surface area (Å²) in [4.78, 5) is 38.9. The number of rotatable bonds is 8. The smallest absolute Gasteiger partial charge is 0.307 e. The van der Waals surface area contributed by atoms with Crippen molar-refractivity contribution in [3.63, 3.8) is 0 Å². The summed E-state index contributed by atoms with van der Waals surface area (Å²) in [7, 11) is 0. The number of ketones is 1. The minimum Gasteiger partial charge on any atom is -0.456 e. The molecule has 1 aromatic carbocycles. The number of carbonyl (C=O) groups excluding carboxylic acids is 2. The molecule has 3 atom stereocenters. The Morgan fingerprint density at radius 3 is 2.72 bits per heavy atom. The molecule has 1 aliphatic rings. The highest BCUT2D eigenvalue weighted by molar-refractivity contribution is 5.87. The van der Waals surface area contributed by atoms with E-state index in [9.17, 15) is 19.7 Å². The van der Waals surface area contributed by atoms with Crippen LogP contribution in [0.2, 0.25) is 0 Å². The second kappa shape index (κ2) is 8.93. The maximum absolute atomic E-state index is 12.2.